The van der Waals surface area contributed by atoms with Crippen molar-refractivity contribution in [1.29, 1.82) is 0 Å². The van der Waals surface area contributed by atoms with Crippen LogP contribution in [0.1, 0.15) is 18.4 Å². The first-order chi connectivity index (χ1) is 8.72. The summed E-state index contributed by atoms with van der Waals surface area (Å²) in [7, 11) is 1.63. The van der Waals surface area contributed by atoms with Gasteiger partial charge in [0.1, 0.15) is 5.75 Å². The molecule has 1 atom stereocenters. The molecule has 96 valence electrons. The lowest BCUT2D eigenvalue weighted by atomic mass is 10.0. The van der Waals surface area contributed by atoms with Crippen LogP contribution in [0, 0.1) is 0 Å². The maximum absolute atomic E-state index is 11.2. The molecule has 0 aliphatic carbocycles. The smallest absolute Gasteiger partial charge is 0.236 e. The summed E-state index contributed by atoms with van der Waals surface area (Å²) >= 11 is 0. The average Bonchev–Trinajstić information content (AvgIpc) is 2.87. The number of amides is 1. The van der Waals surface area contributed by atoms with E-state index in [4.69, 9.17) is 10.6 Å². The van der Waals surface area contributed by atoms with Crippen LogP contribution in [0.2, 0.25) is 0 Å². The minimum Gasteiger partial charge on any atom is -0.497 e. The van der Waals surface area contributed by atoms with Gasteiger partial charge in [0, 0.05) is 6.42 Å². The molecule has 0 spiro atoms. The minimum atomic E-state index is -0.196. The first kappa shape index (κ1) is 12.4. The molecule has 0 radical (unpaired) electrons. The van der Waals surface area contributed by atoms with E-state index in [1.54, 1.807) is 7.11 Å². The zero-order chi connectivity index (χ0) is 13.0. The van der Waals surface area contributed by atoms with Crippen LogP contribution >= 0.6 is 0 Å². The Morgan fingerprint density at radius 3 is 2.89 bits per heavy atom. The van der Waals surface area contributed by atoms with Crippen molar-refractivity contribution < 1.29 is 9.53 Å². The fraction of sp³-hybridized carbons (Fsp3) is 0.333. The molecular formula is C12H16N4O2. The third-order valence-corrected chi connectivity index (χ3v) is 2.84. The van der Waals surface area contributed by atoms with Gasteiger partial charge in [0.2, 0.25) is 5.91 Å². The number of carbonyl (C=O) groups excluding carboxylic acids is 1. The topological polar surface area (TPSA) is 88.7 Å². The molecule has 0 saturated heterocycles. The number of rotatable bonds is 4. The van der Waals surface area contributed by atoms with Gasteiger partial charge in [-0.05, 0) is 29.8 Å². The summed E-state index contributed by atoms with van der Waals surface area (Å²) in [6.07, 6.45) is 1.03. The lowest BCUT2D eigenvalue weighted by Gasteiger charge is -2.07. The van der Waals surface area contributed by atoms with Crippen LogP contribution in [-0.4, -0.2) is 24.8 Å². The van der Waals surface area contributed by atoms with Gasteiger partial charge in [-0.2, -0.15) is 5.10 Å². The molecule has 1 aromatic rings. The molecule has 1 aliphatic heterocycles. The van der Waals surface area contributed by atoms with Gasteiger partial charge in [0.15, 0.2) is 0 Å². The van der Waals surface area contributed by atoms with Gasteiger partial charge in [-0.25, -0.2) is 5.84 Å². The Bertz CT molecular complexity index is 456. The number of ether oxygens (including phenoxy) is 1. The number of hydrazone groups is 1. The molecule has 4 N–H and O–H groups in total. The predicted molar refractivity (Wildman–Crippen MR) is 68.0 cm³/mol. The van der Waals surface area contributed by atoms with E-state index in [1.165, 1.54) is 0 Å². The van der Waals surface area contributed by atoms with Crippen molar-refractivity contribution in [1.82, 2.24) is 10.9 Å². The van der Waals surface area contributed by atoms with Crippen molar-refractivity contribution >= 4 is 11.6 Å². The Labute approximate surface area is 105 Å². The molecule has 1 aromatic carbocycles. The van der Waals surface area contributed by atoms with Crippen LogP contribution in [0.25, 0.3) is 0 Å². The molecule has 0 fully saturated rings. The molecule has 18 heavy (non-hydrogen) atoms. The number of carbonyl (C=O) groups is 1. The van der Waals surface area contributed by atoms with E-state index in [9.17, 15) is 4.79 Å². The Morgan fingerprint density at radius 2 is 2.28 bits per heavy atom. The molecule has 0 saturated carbocycles. The molecule has 1 amide bonds. The summed E-state index contributed by atoms with van der Waals surface area (Å²) < 4.78 is 5.10. The van der Waals surface area contributed by atoms with E-state index in [0.29, 0.717) is 12.8 Å². The molecule has 1 aliphatic rings. The number of methoxy groups -OCH3 is 1. The predicted octanol–water partition coefficient (Wildman–Crippen LogP) is 0.141. The van der Waals surface area contributed by atoms with Gasteiger partial charge >= 0.3 is 0 Å². The van der Waals surface area contributed by atoms with E-state index in [2.05, 4.69) is 16.0 Å². The second-order valence-electron chi connectivity index (χ2n) is 4.09. The number of nitrogens with two attached hydrogens (primary N) is 1. The molecule has 0 bridgehead atoms. The van der Waals surface area contributed by atoms with E-state index in [1.807, 2.05) is 24.3 Å². The van der Waals surface area contributed by atoms with Gasteiger partial charge in [-0.3, -0.25) is 10.2 Å². The number of nitrogens with one attached hydrogen (secondary N) is 2. The number of hydrogen-bond donors (Lipinski definition) is 3. The number of nitrogens with zero attached hydrogens (tertiary/aromatic N) is 1. The highest BCUT2D eigenvalue weighted by Crippen LogP contribution is 2.17. The highest BCUT2D eigenvalue weighted by atomic mass is 16.5. The Morgan fingerprint density at radius 1 is 1.56 bits per heavy atom. The summed E-state index contributed by atoms with van der Waals surface area (Å²) in [5.41, 5.74) is 7.02. The Balaban J connectivity index is 1.97. The van der Waals surface area contributed by atoms with Gasteiger partial charge in [0.25, 0.3) is 0 Å². The number of hydrazine groups is 1. The molecule has 6 nitrogen and oxygen atoms in total. The maximum atomic E-state index is 11.2. The molecule has 2 rings (SSSR count). The standard InChI is InChI=1S/C12H16N4O2/c1-18-10-4-2-8(3-5-10)11-6-9(15-16-11)7-12(17)14-13/h2-5,9,15H,6-7,13H2,1H3,(H,14,17). The van der Waals surface area contributed by atoms with Crippen LogP contribution in [-0.2, 0) is 4.79 Å². The third kappa shape index (κ3) is 2.78. The zero-order valence-corrected chi connectivity index (χ0v) is 10.1. The summed E-state index contributed by atoms with van der Waals surface area (Å²) in [4.78, 5) is 11.2. The average molecular weight is 248 g/mol. The van der Waals surface area contributed by atoms with Crippen molar-refractivity contribution in [2.75, 3.05) is 7.11 Å². The second kappa shape index (κ2) is 5.50. The van der Waals surface area contributed by atoms with Crippen LogP contribution in [0.3, 0.4) is 0 Å². The first-order valence-corrected chi connectivity index (χ1v) is 5.69. The van der Waals surface area contributed by atoms with Crippen LogP contribution in [0.15, 0.2) is 29.4 Å². The number of hydrogen-bond acceptors (Lipinski definition) is 5. The quantitative estimate of drug-likeness (QED) is 0.402. The zero-order valence-electron chi connectivity index (χ0n) is 10.1. The van der Waals surface area contributed by atoms with Crippen molar-refractivity contribution in [3.05, 3.63) is 29.8 Å². The SMILES string of the molecule is COc1ccc(C2=NNC(CC(=O)NN)C2)cc1. The van der Waals surface area contributed by atoms with Crippen molar-refractivity contribution in [3.63, 3.8) is 0 Å². The summed E-state index contributed by atoms with van der Waals surface area (Å²) in [5.74, 6) is 5.66. The van der Waals surface area contributed by atoms with E-state index in [0.717, 1.165) is 17.0 Å². The third-order valence-electron chi connectivity index (χ3n) is 2.84. The fourth-order valence-corrected chi connectivity index (χ4v) is 1.86. The van der Waals surface area contributed by atoms with Crippen LogP contribution < -0.4 is 21.4 Å². The van der Waals surface area contributed by atoms with Gasteiger partial charge in [-0.15, -0.1) is 0 Å². The van der Waals surface area contributed by atoms with Crippen LogP contribution in [0.5, 0.6) is 5.75 Å². The van der Waals surface area contributed by atoms with Crippen molar-refractivity contribution in [2.45, 2.75) is 18.9 Å². The second-order valence-corrected chi connectivity index (χ2v) is 4.09. The van der Waals surface area contributed by atoms with E-state index < -0.39 is 0 Å². The first-order valence-electron chi connectivity index (χ1n) is 5.69. The molecular weight excluding hydrogens is 232 g/mol. The molecule has 0 aromatic heterocycles. The van der Waals surface area contributed by atoms with Gasteiger partial charge in [0.05, 0.1) is 25.3 Å². The monoisotopic (exact) mass is 248 g/mol. The fourth-order valence-electron chi connectivity index (χ4n) is 1.86. The van der Waals surface area contributed by atoms with E-state index in [-0.39, 0.29) is 11.9 Å². The van der Waals surface area contributed by atoms with E-state index >= 15 is 0 Å². The van der Waals surface area contributed by atoms with Crippen LogP contribution in [0.4, 0.5) is 0 Å². The molecule has 1 unspecified atom stereocenters. The largest absolute Gasteiger partial charge is 0.497 e. The van der Waals surface area contributed by atoms with Gasteiger partial charge in [-0.1, -0.05) is 0 Å². The highest BCUT2D eigenvalue weighted by molar-refractivity contribution is 6.02. The lowest BCUT2D eigenvalue weighted by molar-refractivity contribution is -0.121. The highest BCUT2D eigenvalue weighted by Gasteiger charge is 2.21. The summed E-state index contributed by atoms with van der Waals surface area (Å²) in [6.45, 7) is 0. The Kier molecular flexibility index (Phi) is 3.78. The number of benzene rings is 1. The lowest BCUT2D eigenvalue weighted by Crippen LogP contribution is -2.35. The Hall–Kier alpha value is -2.08. The van der Waals surface area contributed by atoms with Gasteiger partial charge < -0.3 is 10.2 Å². The minimum absolute atomic E-state index is 0.00523. The summed E-state index contributed by atoms with van der Waals surface area (Å²) in [6, 6.07) is 7.68. The van der Waals surface area contributed by atoms with Crippen molar-refractivity contribution in [2.24, 2.45) is 10.9 Å². The normalized spacial score (nSPS) is 17.9. The molecule has 1 heterocycles. The van der Waals surface area contributed by atoms with Crippen molar-refractivity contribution in [3.8, 4) is 5.75 Å². The maximum Gasteiger partial charge on any atom is 0.236 e. The summed E-state index contributed by atoms with van der Waals surface area (Å²) in [5, 5.41) is 4.24. The molecule has 6 heteroatoms.